The highest BCUT2D eigenvalue weighted by atomic mass is 35.5. The Morgan fingerprint density at radius 3 is 2.65 bits per heavy atom. The molecule has 6 heteroatoms. The molecule has 2 atom stereocenters. The van der Waals surface area contributed by atoms with Crippen LogP contribution in [0, 0.1) is 11.7 Å². The lowest BCUT2D eigenvalue weighted by Crippen LogP contribution is -2.38. The number of hydrogen-bond donors (Lipinski definition) is 1. The molecule has 0 heterocycles. The van der Waals surface area contributed by atoms with E-state index in [4.69, 9.17) is 11.6 Å². The van der Waals surface area contributed by atoms with Crippen molar-refractivity contribution in [1.82, 2.24) is 5.32 Å². The van der Waals surface area contributed by atoms with Gasteiger partial charge in [0.1, 0.15) is 5.82 Å². The van der Waals surface area contributed by atoms with Crippen molar-refractivity contribution < 1.29 is 17.6 Å². The summed E-state index contributed by atoms with van der Waals surface area (Å²) in [6.07, 6.45) is -2.48. The van der Waals surface area contributed by atoms with Gasteiger partial charge in [-0.15, -0.1) is 0 Å². The Hall–Kier alpha value is -0.810. The maximum Gasteiger partial charge on any atom is 0.391 e. The van der Waals surface area contributed by atoms with Crippen molar-refractivity contribution in [1.29, 1.82) is 0 Å². The van der Waals surface area contributed by atoms with E-state index in [-0.39, 0.29) is 23.9 Å². The van der Waals surface area contributed by atoms with Crippen LogP contribution >= 0.6 is 11.6 Å². The predicted octanol–water partition coefficient (Wildman–Crippen LogP) is 4.69. The second-order valence-corrected chi connectivity index (χ2v) is 5.64. The zero-order valence-corrected chi connectivity index (χ0v) is 11.6. The summed E-state index contributed by atoms with van der Waals surface area (Å²) in [7, 11) is 0. The molecule has 0 radical (unpaired) electrons. The third kappa shape index (κ3) is 4.09. The molecule has 1 saturated carbocycles. The van der Waals surface area contributed by atoms with Crippen LogP contribution in [0.25, 0.3) is 0 Å². The normalized spacial score (nSPS) is 23.9. The predicted molar refractivity (Wildman–Crippen MR) is 70.1 cm³/mol. The molecule has 1 N–H and O–H groups in total. The fraction of sp³-hybridized carbons (Fsp3) is 0.571. The molecule has 0 aromatic heterocycles. The van der Waals surface area contributed by atoms with Gasteiger partial charge in [0.25, 0.3) is 0 Å². The summed E-state index contributed by atoms with van der Waals surface area (Å²) in [5.74, 6) is -1.71. The van der Waals surface area contributed by atoms with Crippen molar-refractivity contribution in [2.75, 3.05) is 0 Å². The van der Waals surface area contributed by atoms with E-state index in [2.05, 4.69) is 5.32 Å². The number of nitrogens with one attached hydrogen (secondary N) is 1. The summed E-state index contributed by atoms with van der Waals surface area (Å²) in [5.41, 5.74) is 0.769. The average molecular weight is 310 g/mol. The molecule has 0 aliphatic heterocycles. The zero-order chi connectivity index (χ0) is 14.8. The van der Waals surface area contributed by atoms with Gasteiger partial charge in [-0.2, -0.15) is 13.2 Å². The highest BCUT2D eigenvalue weighted by Gasteiger charge is 2.41. The largest absolute Gasteiger partial charge is 0.391 e. The Morgan fingerprint density at radius 1 is 1.25 bits per heavy atom. The maximum atomic E-state index is 13.0. The minimum atomic E-state index is -4.11. The number of hydrogen-bond acceptors (Lipinski definition) is 1. The highest BCUT2D eigenvalue weighted by Crippen LogP contribution is 2.37. The first-order valence-corrected chi connectivity index (χ1v) is 6.98. The van der Waals surface area contributed by atoms with Gasteiger partial charge in [-0.25, -0.2) is 4.39 Å². The van der Waals surface area contributed by atoms with Gasteiger partial charge in [0, 0.05) is 12.6 Å². The molecule has 1 aromatic rings. The molecule has 0 amide bonds. The van der Waals surface area contributed by atoms with E-state index in [1.165, 1.54) is 12.1 Å². The van der Waals surface area contributed by atoms with Gasteiger partial charge in [0.05, 0.1) is 10.9 Å². The molecule has 1 aromatic carbocycles. The first kappa shape index (κ1) is 15.6. The first-order valence-electron chi connectivity index (χ1n) is 6.60. The molecule has 1 aliphatic rings. The summed E-state index contributed by atoms with van der Waals surface area (Å²) in [4.78, 5) is 0. The lowest BCUT2D eigenvalue weighted by Gasteiger charge is -2.31. The van der Waals surface area contributed by atoms with Gasteiger partial charge in [-0.05, 0) is 37.0 Å². The highest BCUT2D eigenvalue weighted by molar-refractivity contribution is 6.30. The number of alkyl halides is 3. The molecular weight excluding hydrogens is 294 g/mol. The van der Waals surface area contributed by atoms with Gasteiger partial charge >= 0.3 is 6.18 Å². The second-order valence-electron chi connectivity index (χ2n) is 5.23. The van der Waals surface area contributed by atoms with Gasteiger partial charge in [0.15, 0.2) is 0 Å². The minimum Gasteiger partial charge on any atom is -0.310 e. The van der Waals surface area contributed by atoms with Gasteiger partial charge in [0.2, 0.25) is 0 Å². The van der Waals surface area contributed by atoms with Gasteiger partial charge in [-0.3, -0.25) is 0 Å². The van der Waals surface area contributed by atoms with Crippen molar-refractivity contribution in [3.63, 3.8) is 0 Å². The maximum absolute atomic E-state index is 13.0. The molecule has 1 aliphatic carbocycles. The van der Waals surface area contributed by atoms with Crippen LogP contribution in [0.15, 0.2) is 18.2 Å². The Morgan fingerprint density at radius 2 is 2.00 bits per heavy atom. The Bertz CT molecular complexity index is 461. The summed E-state index contributed by atoms with van der Waals surface area (Å²) < 4.78 is 51.1. The van der Waals surface area contributed by atoms with E-state index in [0.29, 0.717) is 13.0 Å². The number of benzene rings is 1. The van der Waals surface area contributed by atoms with Gasteiger partial charge < -0.3 is 5.32 Å². The zero-order valence-electron chi connectivity index (χ0n) is 10.8. The molecule has 20 heavy (non-hydrogen) atoms. The lowest BCUT2D eigenvalue weighted by atomic mass is 9.85. The molecule has 1 fully saturated rings. The average Bonchev–Trinajstić information content (AvgIpc) is 2.39. The van der Waals surface area contributed by atoms with Crippen LogP contribution in [0.5, 0.6) is 0 Å². The third-order valence-electron chi connectivity index (χ3n) is 3.72. The fourth-order valence-corrected chi connectivity index (χ4v) is 2.79. The third-order valence-corrected chi connectivity index (χ3v) is 4.01. The lowest BCUT2D eigenvalue weighted by molar-refractivity contribution is -0.183. The van der Waals surface area contributed by atoms with Crippen molar-refractivity contribution in [2.24, 2.45) is 5.92 Å². The molecule has 2 rings (SSSR count). The molecule has 0 bridgehead atoms. The Labute approximate surface area is 120 Å². The van der Waals surface area contributed by atoms with E-state index in [9.17, 15) is 17.6 Å². The standard InChI is InChI=1S/C14H16ClF4N/c15-12-6-9(4-5-13(12)16)8-20-11-3-1-2-10(7-11)14(17,18)19/h4-6,10-11,20H,1-3,7-8H2. The quantitative estimate of drug-likeness (QED) is 0.799. The topological polar surface area (TPSA) is 12.0 Å². The minimum absolute atomic E-state index is 0.0288. The van der Waals surface area contributed by atoms with Gasteiger partial charge in [-0.1, -0.05) is 24.1 Å². The van der Waals surface area contributed by atoms with Crippen LogP contribution in [0.1, 0.15) is 31.2 Å². The van der Waals surface area contributed by atoms with Crippen molar-refractivity contribution >= 4 is 11.6 Å². The Kier molecular flexibility index (Phi) is 4.91. The second kappa shape index (κ2) is 6.31. The molecule has 0 saturated heterocycles. The first-order chi connectivity index (χ1) is 9.36. The van der Waals surface area contributed by atoms with Crippen molar-refractivity contribution in [2.45, 2.75) is 44.4 Å². The summed E-state index contributed by atoms with van der Waals surface area (Å²) in [5, 5.41) is 3.13. The van der Waals surface area contributed by atoms with Crippen molar-refractivity contribution in [3.05, 3.63) is 34.6 Å². The van der Waals surface area contributed by atoms with Crippen LogP contribution in [0.2, 0.25) is 5.02 Å². The molecule has 112 valence electrons. The SMILES string of the molecule is Fc1ccc(CNC2CCCC(C(F)(F)F)C2)cc1Cl. The van der Waals surface area contributed by atoms with Crippen molar-refractivity contribution in [3.8, 4) is 0 Å². The van der Waals surface area contributed by atoms with E-state index in [0.717, 1.165) is 12.0 Å². The Balaban J connectivity index is 1.88. The molecule has 1 nitrogen and oxygen atoms in total. The van der Waals surface area contributed by atoms with E-state index >= 15 is 0 Å². The van der Waals surface area contributed by atoms with E-state index < -0.39 is 17.9 Å². The number of rotatable bonds is 3. The van der Waals surface area contributed by atoms with Crippen LogP contribution in [-0.2, 0) is 6.54 Å². The van der Waals surface area contributed by atoms with E-state index in [1.54, 1.807) is 6.07 Å². The van der Waals surface area contributed by atoms with Crippen LogP contribution in [0.3, 0.4) is 0 Å². The van der Waals surface area contributed by atoms with Crippen LogP contribution in [-0.4, -0.2) is 12.2 Å². The molecule has 0 spiro atoms. The van der Waals surface area contributed by atoms with Crippen LogP contribution < -0.4 is 5.32 Å². The smallest absolute Gasteiger partial charge is 0.310 e. The molecular formula is C14H16ClF4N. The fourth-order valence-electron chi connectivity index (χ4n) is 2.58. The summed E-state index contributed by atoms with van der Waals surface area (Å²) in [6.45, 7) is 0.398. The number of halogens is 5. The summed E-state index contributed by atoms with van der Waals surface area (Å²) >= 11 is 5.67. The summed E-state index contributed by atoms with van der Waals surface area (Å²) in [6, 6.07) is 4.18. The van der Waals surface area contributed by atoms with Crippen LogP contribution in [0.4, 0.5) is 17.6 Å². The molecule has 2 unspecified atom stereocenters. The monoisotopic (exact) mass is 309 g/mol. The van der Waals surface area contributed by atoms with E-state index in [1.807, 2.05) is 0 Å².